The highest BCUT2D eigenvalue weighted by Crippen LogP contribution is 2.24. The van der Waals surface area contributed by atoms with Gasteiger partial charge in [0.2, 0.25) is 5.91 Å². The van der Waals surface area contributed by atoms with Crippen molar-refractivity contribution in [1.29, 1.82) is 0 Å². The molecule has 1 atom stereocenters. The van der Waals surface area contributed by atoms with E-state index in [1.807, 2.05) is 31.2 Å². The summed E-state index contributed by atoms with van der Waals surface area (Å²) in [4.78, 5) is 25.4. The van der Waals surface area contributed by atoms with Gasteiger partial charge < -0.3 is 10.1 Å². The van der Waals surface area contributed by atoms with Gasteiger partial charge in [-0.1, -0.05) is 29.8 Å². The lowest BCUT2D eigenvalue weighted by Gasteiger charge is -2.34. The monoisotopic (exact) mass is 262 g/mol. The number of hydrogen-bond donors (Lipinski definition) is 1. The number of nitrogens with one attached hydrogen (secondary N) is 1. The van der Waals surface area contributed by atoms with Crippen molar-refractivity contribution >= 4 is 12.0 Å². The maximum Gasteiger partial charge on any atom is 0.410 e. The van der Waals surface area contributed by atoms with Crippen LogP contribution in [0.2, 0.25) is 0 Å². The number of amides is 2. The predicted molar refractivity (Wildman–Crippen MR) is 70.7 cm³/mol. The molecule has 5 heteroatoms. The smallest absolute Gasteiger partial charge is 0.410 e. The minimum absolute atomic E-state index is 0.164. The minimum atomic E-state index is -0.603. The van der Waals surface area contributed by atoms with E-state index in [1.165, 1.54) is 4.90 Å². The van der Waals surface area contributed by atoms with E-state index in [0.29, 0.717) is 19.7 Å². The van der Waals surface area contributed by atoms with Gasteiger partial charge in [0.15, 0.2) is 0 Å². The van der Waals surface area contributed by atoms with Gasteiger partial charge in [-0.25, -0.2) is 4.79 Å². The summed E-state index contributed by atoms with van der Waals surface area (Å²) in [6, 6.07) is 7.00. The Morgan fingerprint density at radius 3 is 2.74 bits per heavy atom. The first kappa shape index (κ1) is 13.4. The number of nitrogens with zero attached hydrogens (tertiary/aromatic N) is 1. The van der Waals surface area contributed by atoms with E-state index in [-0.39, 0.29) is 5.91 Å². The second-order valence-corrected chi connectivity index (χ2v) is 4.50. The average Bonchev–Trinajstić information content (AvgIpc) is 2.40. The summed E-state index contributed by atoms with van der Waals surface area (Å²) in [6.45, 7) is 4.96. The molecule has 2 rings (SSSR count). The summed E-state index contributed by atoms with van der Waals surface area (Å²) < 4.78 is 5.01. The molecular weight excluding hydrogens is 244 g/mol. The molecule has 1 N–H and O–H groups in total. The molecule has 0 spiro atoms. The molecule has 1 fully saturated rings. The fourth-order valence-corrected chi connectivity index (χ4v) is 2.15. The Morgan fingerprint density at radius 2 is 2.11 bits per heavy atom. The Labute approximate surface area is 112 Å². The molecule has 5 nitrogen and oxygen atoms in total. The molecule has 0 aromatic heterocycles. The first-order chi connectivity index (χ1) is 9.13. The Morgan fingerprint density at radius 1 is 1.42 bits per heavy atom. The fourth-order valence-electron chi connectivity index (χ4n) is 2.15. The summed E-state index contributed by atoms with van der Waals surface area (Å²) in [5, 5.41) is 2.78. The van der Waals surface area contributed by atoms with Gasteiger partial charge in [0, 0.05) is 13.1 Å². The van der Waals surface area contributed by atoms with Crippen LogP contribution in [0, 0.1) is 6.92 Å². The quantitative estimate of drug-likeness (QED) is 0.881. The highest BCUT2D eigenvalue weighted by atomic mass is 16.6. The van der Waals surface area contributed by atoms with Crippen molar-refractivity contribution in [1.82, 2.24) is 10.2 Å². The average molecular weight is 262 g/mol. The highest BCUT2D eigenvalue weighted by molar-refractivity contribution is 5.88. The lowest BCUT2D eigenvalue weighted by atomic mass is 10.0. The van der Waals surface area contributed by atoms with Crippen LogP contribution >= 0.6 is 0 Å². The molecule has 1 aromatic rings. The lowest BCUT2D eigenvalue weighted by molar-refractivity contribution is -0.128. The van der Waals surface area contributed by atoms with E-state index < -0.39 is 12.1 Å². The van der Waals surface area contributed by atoms with Gasteiger partial charge in [-0.15, -0.1) is 0 Å². The third-order valence-corrected chi connectivity index (χ3v) is 3.11. The molecule has 1 aliphatic heterocycles. The van der Waals surface area contributed by atoms with E-state index in [0.717, 1.165) is 11.1 Å². The molecule has 0 radical (unpaired) electrons. The van der Waals surface area contributed by atoms with Gasteiger partial charge in [-0.3, -0.25) is 9.69 Å². The summed E-state index contributed by atoms with van der Waals surface area (Å²) in [6.07, 6.45) is -0.442. The fraction of sp³-hybridized carbons (Fsp3) is 0.429. The Balaban J connectivity index is 2.28. The van der Waals surface area contributed by atoms with E-state index in [9.17, 15) is 9.59 Å². The highest BCUT2D eigenvalue weighted by Gasteiger charge is 2.35. The molecule has 1 aliphatic rings. The van der Waals surface area contributed by atoms with Gasteiger partial charge in [0.05, 0.1) is 6.61 Å². The second kappa shape index (κ2) is 5.73. The largest absolute Gasteiger partial charge is 0.450 e. The summed E-state index contributed by atoms with van der Waals surface area (Å²) in [5.74, 6) is -0.164. The Bertz CT molecular complexity index is 470. The van der Waals surface area contributed by atoms with Crippen LogP contribution in [0.15, 0.2) is 24.3 Å². The van der Waals surface area contributed by atoms with Crippen molar-refractivity contribution in [2.75, 3.05) is 19.7 Å². The maximum atomic E-state index is 12.0. The van der Waals surface area contributed by atoms with Crippen molar-refractivity contribution < 1.29 is 14.3 Å². The van der Waals surface area contributed by atoms with Crippen LogP contribution in [0.5, 0.6) is 0 Å². The third kappa shape index (κ3) is 2.86. The molecule has 1 heterocycles. The van der Waals surface area contributed by atoms with Crippen LogP contribution in [0.25, 0.3) is 0 Å². The molecule has 1 saturated heterocycles. The van der Waals surface area contributed by atoms with Crippen molar-refractivity contribution in [3.63, 3.8) is 0 Å². The van der Waals surface area contributed by atoms with E-state index >= 15 is 0 Å². The number of benzene rings is 1. The second-order valence-electron chi connectivity index (χ2n) is 4.50. The van der Waals surface area contributed by atoms with Gasteiger partial charge >= 0.3 is 6.09 Å². The van der Waals surface area contributed by atoms with Crippen LogP contribution in [0.4, 0.5) is 4.79 Å². The van der Waals surface area contributed by atoms with Gasteiger partial charge in [0.25, 0.3) is 0 Å². The topological polar surface area (TPSA) is 58.6 Å². The minimum Gasteiger partial charge on any atom is -0.450 e. The molecular formula is C14H18N2O3. The Hall–Kier alpha value is -2.04. The Kier molecular flexibility index (Phi) is 4.04. The molecule has 102 valence electrons. The molecule has 1 unspecified atom stereocenters. The molecule has 0 bridgehead atoms. The predicted octanol–water partition coefficient (Wildman–Crippen LogP) is 1.62. The van der Waals surface area contributed by atoms with Crippen molar-refractivity contribution in [2.24, 2.45) is 0 Å². The first-order valence-corrected chi connectivity index (χ1v) is 6.41. The van der Waals surface area contributed by atoms with Gasteiger partial charge in [-0.05, 0) is 19.4 Å². The SMILES string of the molecule is CCOC(=O)N1CCNC(=O)C1c1ccc(C)cc1. The normalized spacial score (nSPS) is 18.9. The van der Waals surface area contributed by atoms with E-state index in [2.05, 4.69) is 5.32 Å². The summed E-state index contributed by atoms with van der Waals surface area (Å²) in [7, 11) is 0. The zero-order valence-electron chi connectivity index (χ0n) is 11.2. The van der Waals surface area contributed by atoms with E-state index in [4.69, 9.17) is 4.74 Å². The molecule has 0 saturated carbocycles. The van der Waals surface area contributed by atoms with Crippen LogP contribution in [0.3, 0.4) is 0 Å². The van der Waals surface area contributed by atoms with Gasteiger partial charge in [0.1, 0.15) is 6.04 Å². The van der Waals surface area contributed by atoms with Crippen LogP contribution in [-0.2, 0) is 9.53 Å². The number of carbonyl (C=O) groups is 2. The number of ether oxygens (including phenoxy) is 1. The zero-order valence-corrected chi connectivity index (χ0v) is 11.2. The van der Waals surface area contributed by atoms with Crippen LogP contribution in [0.1, 0.15) is 24.1 Å². The first-order valence-electron chi connectivity index (χ1n) is 6.41. The van der Waals surface area contributed by atoms with Crippen LogP contribution < -0.4 is 5.32 Å². The summed E-state index contributed by atoms with van der Waals surface area (Å²) in [5.41, 5.74) is 1.92. The lowest BCUT2D eigenvalue weighted by Crippen LogP contribution is -2.52. The maximum absolute atomic E-state index is 12.0. The van der Waals surface area contributed by atoms with Crippen molar-refractivity contribution in [3.8, 4) is 0 Å². The van der Waals surface area contributed by atoms with Gasteiger partial charge in [-0.2, -0.15) is 0 Å². The number of hydrogen-bond acceptors (Lipinski definition) is 3. The molecule has 1 aromatic carbocycles. The van der Waals surface area contributed by atoms with Crippen molar-refractivity contribution in [3.05, 3.63) is 35.4 Å². The number of rotatable bonds is 2. The zero-order chi connectivity index (χ0) is 13.8. The molecule has 2 amide bonds. The third-order valence-electron chi connectivity index (χ3n) is 3.11. The molecule has 19 heavy (non-hydrogen) atoms. The van der Waals surface area contributed by atoms with Crippen molar-refractivity contribution in [2.45, 2.75) is 19.9 Å². The number of carbonyl (C=O) groups excluding carboxylic acids is 2. The number of aryl methyl sites for hydroxylation is 1. The molecule has 0 aliphatic carbocycles. The number of piperazine rings is 1. The van der Waals surface area contributed by atoms with Crippen LogP contribution in [-0.4, -0.2) is 36.6 Å². The summed E-state index contributed by atoms with van der Waals surface area (Å²) >= 11 is 0. The standard InChI is InChI=1S/C14H18N2O3/c1-3-19-14(18)16-9-8-15-13(17)12(16)11-6-4-10(2)5-7-11/h4-7,12H,3,8-9H2,1-2H3,(H,15,17). The van der Waals surface area contributed by atoms with E-state index in [1.54, 1.807) is 6.92 Å².